The fourth-order valence-corrected chi connectivity index (χ4v) is 4.44. The molecule has 0 radical (unpaired) electrons. The first-order valence-electron chi connectivity index (χ1n) is 12.4. The minimum atomic E-state index is -0.919. The van der Waals surface area contributed by atoms with Crippen LogP contribution in [-0.2, 0) is 19.6 Å². The molecule has 4 nitrogen and oxygen atoms in total. The molecule has 0 aliphatic heterocycles. The summed E-state index contributed by atoms with van der Waals surface area (Å²) in [6.45, 7) is 10.5. The van der Waals surface area contributed by atoms with Gasteiger partial charge in [-0.25, -0.2) is 4.79 Å². The Morgan fingerprint density at radius 2 is 1.71 bits per heavy atom. The molecule has 0 amide bonds. The molecule has 1 heterocycles. The van der Waals surface area contributed by atoms with Gasteiger partial charge >= 0.3 is 5.97 Å². The van der Waals surface area contributed by atoms with Crippen molar-refractivity contribution >= 4 is 16.9 Å². The summed E-state index contributed by atoms with van der Waals surface area (Å²) in [7, 11) is 0. The number of carboxylic acids is 1. The summed E-state index contributed by atoms with van der Waals surface area (Å²) in [5.74, 6) is 0.0172. The lowest BCUT2D eigenvalue weighted by atomic mass is 9.92. The predicted octanol–water partition coefficient (Wildman–Crippen LogP) is 7.97. The van der Waals surface area contributed by atoms with E-state index in [4.69, 9.17) is 4.74 Å². The minimum absolute atomic E-state index is 0.288. The number of benzene rings is 3. The second-order valence-electron chi connectivity index (χ2n) is 10.4. The molecule has 4 rings (SSSR count). The largest absolute Gasteiger partial charge is 0.489 e. The van der Waals surface area contributed by atoms with E-state index in [1.54, 1.807) is 18.2 Å². The summed E-state index contributed by atoms with van der Waals surface area (Å²) in [4.78, 5) is 11.3. The van der Waals surface area contributed by atoms with E-state index in [1.807, 2.05) is 24.3 Å². The third kappa shape index (κ3) is 5.94. The van der Waals surface area contributed by atoms with Crippen LogP contribution >= 0.6 is 0 Å². The molecule has 0 saturated carbocycles. The number of ether oxygens (including phenoxy) is 1. The Balaban J connectivity index is 1.56. The van der Waals surface area contributed by atoms with Crippen LogP contribution in [-0.4, -0.2) is 15.6 Å². The zero-order chi connectivity index (χ0) is 25.0. The van der Waals surface area contributed by atoms with Crippen molar-refractivity contribution in [2.45, 2.75) is 60.1 Å². The summed E-state index contributed by atoms with van der Waals surface area (Å²) < 4.78 is 8.72. The van der Waals surface area contributed by atoms with Gasteiger partial charge in [0, 0.05) is 29.2 Å². The number of aryl methyl sites for hydroxylation is 2. The predicted molar refractivity (Wildman–Crippen MR) is 143 cm³/mol. The fourth-order valence-electron chi connectivity index (χ4n) is 4.44. The molecule has 0 fully saturated rings. The van der Waals surface area contributed by atoms with E-state index in [2.05, 4.69) is 62.7 Å². The lowest BCUT2D eigenvalue weighted by Crippen LogP contribution is -2.09. The lowest BCUT2D eigenvalue weighted by molar-refractivity contribution is 0.0697. The van der Waals surface area contributed by atoms with E-state index in [-0.39, 0.29) is 5.56 Å². The van der Waals surface area contributed by atoms with Gasteiger partial charge in [-0.2, -0.15) is 0 Å². The molecule has 0 bridgehead atoms. The molecule has 35 heavy (non-hydrogen) atoms. The van der Waals surface area contributed by atoms with Gasteiger partial charge in [-0.3, -0.25) is 0 Å². The van der Waals surface area contributed by atoms with E-state index in [0.717, 1.165) is 48.2 Å². The number of rotatable bonds is 9. The highest BCUT2D eigenvalue weighted by molar-refractivity contribution is 5.89. The molecule has 0 spiro atoms. The Kier molecular flexibility index (Phi) is 7.30. The van der Waals surface area contributed by atoms with Crippen LogP contribution in [0.1, 0.15) is 62.0 Å². The average Bonchev–Trinajstić information content (AvgIpc) is 3.25. The van der Waals surface area contributed by atoms with Crippen LogP contribution in [0.15, 0.2) is 72.9 Å². The van der Waals surface area contributed by atoms with Gasteiger partial charge in [0.15, 0.2) is 0 Å². The van der Waals surface area contributed by atoms with Crippen LogP contribution < -0.4 is 4.74 Å². The van der Waals surface area contributed by atoms with Crippen LogP contribution in [0, 0.1) is 5.41 Å². The van der Waals surface area contributed by atoms with Crippen molar-refractivity contribution in [3.05, 3.63) is 89.6 Å². The number of hydrogen-bond acceptors (Lipinski definition) is 2. The van der Waals surface area contributed by atoms with Gasteiger partial charge in [0.25, 0.3) is 0 Å². The van der Waals surface area contributed by atoms with Gasteiger partial charge in [0.2, 0.25) is 0 Å². The van der Waals surface area contributed by atoms with Gasteiger partial charge in [-0.05, 0) is 71.3 Å². The molecule has 1 aromatic heterocycles. The minimum Gasteiger partial charge on any atom is -0.489 e. The maximum Gasteiger partial charge on any atom is 0.335 e. The van der Waals surface area contributed by atoms with Crippen LogP contribution in [0.25, 0.3) is 22.0 Å². The molecule has 182 valence electrons. The van der Waals surface area contributed by atoms with Crippen molar-refractivity contribution in [1.82, 2.24) is 4.57 Å². The summed E-state index contributed by atoms with van der Waals surface area (Å²) in [5.41, 5.74) is 6.04. The highest BCUT2D eigenvalue weighted by atomic mass is 16.5. The Labute approximate surface area is 208 Å². The molecule has 0 unspecified atom stereocenters. The molecule has 1 N–H and O–H groups in total. The van der Waals surface area contributed by atoms with Crippen molar-refractivity contribution in [3.8, 4) is 16.9 Å². The van der Waals surface area contributed by atoms with Crippen LogP contribution in [0.5, 0.6) is 5.75 Å². The normalized spacial score (nSPS) is 11.7. The number of carboxylic acid groups (broad SMARTS) is 1. The van der Waals surface area contributed by atoms with Crippen LogP contribution in [0.3, 0.4) is 0 Å². The number of aromatic nitrogens is 1. The van der Waals surface area contributed by atoms with Gasteiger partial charge in [-0.15, -0.1) is 0 Å². The van der Waals surface area contributed by atoms with Gasteiger partial charge in [-0.1, -0.05) is 64.4 Å². The van der Waals surface area contributed by atoms with Gasteiger partial charge in [0.1, 0.15) is 12.4 Å². The summed E-state index contributed by atoms with van der Waals surface area (Å²) in [6, 6.07) is 21.7. The highest BCUT2D eigenvalue weighted by Gasteiger charge is 2.15. The molecule has 0 aliphatic rings. The molecule has 4 aromatic rings. The molecule has 0 saturated heterocycles. The van der Waals surface area contributed by atoms with Gasteiger partial charge in [0.05, 0.1) is 5.56 Å². The molecule has 0 atom stereocenters. The Hall–Kier alpha value is -3.53. The van der Waals surface area contributed by atoms with E-state index < -0.39 is 5.97 Å². The Morgan fingerprint density at radius 3 is 2.43 bits per heavy atom. The Bertz CT molecular complexity index is 1330. The first kappa shape index (κ1) is 24.6. The first-order valence-corrected chi connectivity index (χ1v) is 12.4. The average molecular weight is 470 g/mol. The Morgan fingerprint density at radius 1 is 0.971 bits per heavy atom. The summed E-state index contributed by atoms with van der Waals surface area (Å²) in [5, 5.41) is 10.6. The van der Waals surface area contributed by atoms with E-state index in [0.29, 0.717) is 12.0 Å². The second kappa shape index (κ2) is 10.4. The number of nitrogens with zero attached hydrogens (tertiary/aromatic N) is 1. The third-order valence-electron chi connectivity index (χ3n) is 6.39. The summed E-state index contributed by atoms with van der Waals surface area (Å²) in [6.07, 6.45) is 5.36. The molecular formula is C31H35NO3. The standard InChI is InChI=1S/C31H35NO3/c1-5-8-27-26-15-17-32(18-16-31(2,3)4)28(26)13-14-29(27)35-21-22-9-6-10-23(19-22)24-11-7-12-25(20-24)30(33)34/h6-7,9-15,17,19-20H,5,8,16,18,21H2,1-4H3,(H,33,34). The van der Waals surface area contributed by atoms with Crippen LogP contribution in [0.2, 0.25) is 0 Å². The third-order valence-corrected chi connectivity index (χ3v) is 6.39. The van der Waals surface area contributed by atoms with Crippen LogP contribution in [0.4, 0.5) is 0 Å². The second-order valence-corrected chi connectivity index (χ2v) is 10.4. The van der Waals surface area contributed by atoms with Crippen molar-refractivity contribution < 1.29 is 14.6 Å². The van der Waals surface area contributed by atoms with E-state index in [9.17, 15) is 9.90 Å². The van der Waals surface area contributed by atoms with E-state index in [1.165, 1.54) is 16.5 Å². The lowest BCUT2D eigenvalue weighted by Gasteiger charge is -2.19. The molecule has 4 heteroatoms. The smallest absolute Gasteiger partial charge is 0.335 e. The topological polar surface area (TPSA) is 51.5 Å². The number of aromatic carboxylic acids is 1. The van der Waals surface area contributed by atoms with Gasteiger partial charge < -0.3 is 14.4 Å². The molecule has 3 aromatic carbocycles. The van der Waals surface area contributed by atoms with Crippen molar-refractivity contribution in [1.29, 1.82) is 0 Å². The molecule has 0 aliphatic carbocycles. The quantitative estimate of drug-likeness (QED) is 0.270. The number of hydrogen-bond donors (Lipinski definition) is 1. The SMILES string of the molecule is CCCc1c(OCc2cccc(-c3cccc(C(=O)O)c3)c2)ccc2c1ccn2CCC(C)(C)C. The maximum atomic E-state index is 11.3. The zero-order valence-electron chi connectivity index (χ0n) is 21.2. The van der Waals surface area contributed by atoms with Crippen molar-refractivity contribution in [2.75, 3.05) is 0 Å². The maximum absolute atomic E-state index is 11.3. The zero-order valence-corrected chi connectivity index (χ0v) is 21.2. The van der Waals surface area contributed by atoms with E-state index >= 15 is 0 Å². The molecular weight excluding hydrogens is 434 g/mol. The monoisotopic (exact) mass is 469 g/mol. The van der Waals surface area contributed by atoms with Crippen molar-refractivity contribution in [3.63, 3.8) is 0 Å². The van der Waals surface area contributed by atoms with Crippen molar-refractivity contribution in [2.24, 2.45) is 5.41 Å². The fraction of sp³-hybridized carbons (Fsp3) is 0.323. The number of carbonyl (C=O) groups is 1. The highest BCUT2D eigenvalue weighted by Crippen LogP contribution is 2.32. The number of fused-ring (bicyclic) bond motifs is 1. The summed E-state index contributed by atoms with van der Waals surface area (Å²) >= 11 is 0. The first-order chi connectivity index (χ1) is 16.7.